The molecule has 0 spiro atoms. The van der Waals surface area contributed by atoms with Gasteiger partial charge in [-0.2, -0.15) is 0 Å². The van der Waals surface area contributed by atoms with Crippen LogP contribution in [-0.2, 0) is 0 Å². The van der Waals surface area contributed by atoms with Crippen LogP contribution in [0.1, 0.15) is 17.7 Å². The van der Waals surface area contributed by atoms with E-state index < -0.39 is 0 Å². The molecular formula is C19H18FN5O. The number of anilines is 1. The zero-order chi connectivity index (χ0) is 18.1. The number of hydrogen-bond donors (Lipinski definition) is 2. The highest BCUT2D eigenvalue weighted by Crippen LogP contribution is 2.28. The van der Waals surface area contributed by atoms with E-state index in [0.29, 0.717) is 25.2 Å². The molecule has 4 rings (SSSR count). The fourth-order valence-electron chi connectivity index (χ4n) is 3.20. The molecule has 1 aliphatic rings. The lowest BCUT2D eigenvalue weighted by Crippen LogP contribution is -2.38. The van der Waals surface area contributed by atoms with Crippen molar-refractivity contribution in [1.29, 1.82) is 0 Å². The van der Waals surface area contributed by atoms with Crippen LogP contribution in [0, 0.1) is 12.7 Å². The summed E-state index contributed by atoms with van der Waals surface area (Å²) in [4.78, 5) is 25.9. The molecule has 0 saturated carbocycles. The highest BCUT2D eigenvalue weighted by atomic mass is 19.1. The summed E-state index contributed by atoms with van der Waals surface area (Å²) < 4.78 is 13.2. The van der Waals surface area contributed by atoms with E-state index >= 15 is 0 Å². The van der Waals surface area contributed by atoms with Crippen molar-refractivity contribution in [1.82, 2.24) is 19.9 Å². The van der Waals surface area contributed by atoms with Gasteiger partial charge in [-0.15, -0.1) is 0 Å². The van der Waals surface area contributed by atoms with Crippen LogP contribution in [0.4, 0.5) is 14.9 Å². The SMILES string of the molecule is Cc1c[nH]c2ncnc(C3=CCN(C(=O)Nc4cccc(F)c4)CC3)c12. The predicted molar refractivity (Wildman–Crippen MR) is 98.2 cm³/mol. The lowest BCUT2D eigenvalue weighted by molar-refractivity contribution is 0.217. The van der Waals surface area contributed by atoms with Crippen molar-refractivity contribution in [3.8, 4) is 0 Å². The highest BCUT2D eigenvalue weighted by Gasteiger charge is 2.20. The van der Waals surface area contributed by atoms with Gasteiger partial charge in [0, 0.05) is 30.4 Å². The Balaban J connectivity index is 1.51. The molecule has 6 nitrogen and oxygen atoms in total. The standard InChI is InChI=1S/C19H18FN5O/c1-12-10-21-18-16(12)17(22-11-23-18)13-5-7-25(8-6-13)19(26)24-15-4-2-3-14(20)9-15/h2-5,9-11H,6-8H2,1H3,(H,24,26)(H,21,22,23). The largest absolute Gasteiger partial charge is 0.346 e. The molecule has 7 heteroatoms. The number of amides is 2. The molecule has 1 aromatic carbocycles. The molecular weight excluding hydrogens is 333 g/mol. The normalized spacial score (nSPS) is 14.4. The fourth-order valence-corrected chi connectivity index (χ4v) is 3.20. The summed E-state index contributed by atoms with van der Waals surface area (Å²) in [6, 6.07) is 5.64. The van der Waals surface area contributed by atoms with E-state index in [-0.39, 0.29) is 11.8 Å². The van der Waals surface area contributed by atoms with E-state index in [1.165, 1.54) is 12.1 Å². The predicted octanol–water partition coefficient (Wildman–Crippen LogP) is 3.73. The number of H-pyrrole nitrogens is 1. The lowest BCUT2D eigenvalue weighted by atomic mass is 10.0. The minimum Gasteiger partial charge on any atom is -0.346 e. The van der Waals surface area contributed by atoms with Gasteiger partial charge in [0.25, 0.3) is 0 Å². The smallest absolute Gasteiger partial charge is 0.322 e. The van der Waals surface area contributed by atoms with Gasteiger partial charge in [0.1, 0.15) is 17.8 Å². The maximum atomic E-state index is 13.2. The van der Waals surface area contributed by atoms with Gasteiger partial charge in [0.15, 0.2) is 0 Å². The molecule has 0 atom stereocenters. The van der Waals surface area contributed by atoms with E-state index in [0.717, 1.165) is 27.9 Å². The van der Waals surface area contributed by atoms with Crippen molar-refractivity contribution in [3.63, 3.8) is 0 Å². The molecule has 0 unspecified atom stereocenters. The average molecular weight is 351 g/mol. The van der Waals surface area contributed by atoms with Gasteiger partial charge >= 0.3 is 6.03 Å². The molecule has 0 radical (unpaired) electrons. The minimum atomic E-state index is -0.377. The third kappa shape index (κ3) is 3.03. The van der Waals surface area contributed by atoms with Gasteiger partial charge in [-0.3, -0.25) is 0 Å². The van der Waals surface area contributed by atoms with E-state index in [1.54, 1.807) is 23.4 Å². The first-order valence-corrected chi connectivity index (χ1v) is 8.41. The molecule has 1 aliphatic heterocycles. The third-order valence-electron chi connectivity index (χ3n) is 4.54. The summed E-state index contributed by atoms with van der Waals surface area (Å²) in [5.74, 6) is -0.377. The summed E-state index contributed by atoms with van der Waals surface area (Å²) in [7, 11) is 0. The van der Waals surface area contributed by atoms with Gasteiger partial charge in [0.05, 0.1) is 5.69 Å². The minimum absolute atomic E-state index is 0.239. The maximum Gasteiger partial charge on any atom is 0.322 e. The zero-order valence-electron chi connectivity index (χ0n) is 14.3. The maximum absolute atomic E-state index is 13.2. The van der Waals surface area contributed by atoms with Crippen molar-refractivity contribution >= 4 is 28.3 Å². The quantitative estimate of drug-likeness (QED) is 0.739. The fraction of sp³-hybridized carbons (Fsp3) is 0.211. The molecule has 2 aromatic heterocycles. The zero-order valence-corrected chi connectivity index (χ0v) is 14.3. The second kappa shape index (κ2) is 6.59. The van der Waals surface area contributed by atoms with E-state index in [9.17, 15) is 9.18 Å². The summed E-state index contributed by atoms with van der Waals surface area (Å²) in [6.45, 7) is 3.07. The van der Waals surface area contributed by atoms with Gasteiger partial charge in [-0.05, 0) is 42.7 Å². The van der Waals surface area contributed by atoms with E-state index in [1.807, 2.05) is 19.2 Å². The van der Waals surface area contributed by atoms with Crippen molar-refractivity contribution in [2.24, 2.45) is 0 Å². The van der Waals surface area contributed by atoms with Crippen LogP contribution in [0.3, 0.4) is 0 Å². The van der Waals surface area contributed by atoms with Crippen molar-refractivity contribution in [2.45, 2.75) is 13.3 Å². The Kier molecular flexibility index (Phi) is 4.12. The number of rotatable bonds is 2. The van der Waals surface area contributed by atoms with Crippen LogP contribution in [-0.4, -0.2) is 39.0 Å². The number of hydrogen-bond acceptors (Lipinski definition) is 3. The number of nitrogens with one attached hydrogen (secondary N) is 2. The highest BCUT2D eigenvalue weighted by molar-refractivity contribution is 5.92. The Morgan fingerprint density at radius 3 is 3.00 bits per heavy atom. The number of aryl methyl sites for hydroxylation is 1. The van der Waals surface area contributed by atoms with Crippen molar-refractivity contribution in [3.05, 3.63) is 59.9 Å². The van der Waals surface area contributed by atoms with Crippen LogP contribution in [0.15, 0.2) is 42.9 Å². The number of fused-ring (bicyclic) bond motifs is 1. The van der Waals surface area contributed by atoms with E-state index in [4.69, 9.17) is 0 Å². The summed E-state index contributed by atoms with van der Waals surface area (Å²) >= 11 is 0. The first-order valence-electron chi connectivity index (χ1n) is 8.41. The van der Waals surface area contributed by atoms with Gasteiger partial charge < -0.3 is 15.2 Å². The second-order valence-corrected chi connectivity index (χ2v) is 6.28. The molecule has 26 heavy (non-hydrogen) atoms. The second-order valence-electron chi connectivity index (χ2n) is 6.28. The van der Waals surface area contributed by atoms with E-state index in [2.05, 4.69) is 20.3 Å². The molecule has 0 fully saturated rings. The summed E-state index contributed by atoms with van der Waals surface area (Å²) in [5.41, 5.74) is 4.39. The number of urea groups is 1. The number of carbonyl (C=O) groups is 1. The van der Waals surface area contributed by atoms with Gasteiger partial charge in [-0.1, -0.05) is 12.1 Å². The van der Waals surface area contributed by atoms with Crippen LogP contribution >= 0.6 is 0 Å². The average Bonchev–Trinajstić information content (AvgIpc) is 3.03. The topological polar surface area (TPSA) is 73.9 Å². The Hall–Kier alpha value is -3.22. The number of nitrogens with zero attached hydrogens (tertiary/aromatic N) is 3. The number of carbonyl (C=O) groups excluding carboxylic acids is 1. The molecule has 0 saturated heterocycles. The number of benzene rings is 1. The molecule has 3 heterocycles. The van der Waals surface area contributed by atoms with Crippen molar-refractivity contribution < 1.29 is 9.18 Å². The van der Waals surface area contributed by atoms with Crippen molar-refractivity contribution in [2.75, 3.05) is 18.4 Å². The number of aromatic nitrogens is 3. The van der Waals surface area contributed by atoms with Crippen LogP contribution in [0.25, 0.3) is 16.6 Å². The summed E-state index contributed by atoms with van der Waals surface area (Å²) in [6.07, 6.45) is 6.19. The Morgan fingerprint density at radius 2 is 2.23 bits per heavy atom. The van der Waals surface area contributed by atoms with Gasteiger partial charge in [0.2, 0.25) is 0 Å². The molecule has 132 valence electrons. The van der Waals surface area contributed by atoms with Crippen LogP contribution in [0.2, 0.25) is 0 Å². The summed E-state index contributed by atoms with van der Waals surface area (Å²) in [5, 5.41) is 3.75. The van der Waals surface area contributed by atoms with Crippen LogP contribution < -0.4 is 5.32 Å². The Morgan fingerprint density at radius 1 is 1.35 bits per heavy atom. The third-order valence-corrected chi connectivity index (χ3v) is 4.54. The Bertz CT molecular complexity index is 1010. The molecule has 3 aromatic rings. The molecule has 0 bridgehead atoms. The molecule has 2 N–H and O–H groups in total. The Labute approximate surface area is 149 Å². The molecule has 0 aliphatic carbocycles. The first kappa shape index (κ1) is 16.3. The first-order chi connectivity index (χ1) is 12.6. The number of halogens is 1. The monoisotopic (exact) mass is 351 g/mol. The lowest BCUT2D eigenvalue weighted by Gasteiger charge is -2.26. The number of aromatic amines is 1. The van der Waals surface area contributed by atoms with Crippen LogP contribution in [0.5, 0.6) is 0 Å². The molecule has 2 amide bonds. The van der Waals surface area contributed by atoms with Gasteiger partial charge in [-0.25, -0.2) is 19.2 Å².